The lowest BCUT2D eigenvalue weighted by Crippen LogP contribution is -2.14. The lowest BCUT2D eigenvalue weighted by molar-refractivity contribution is -0.145. The fraction of sp³-hybridized carbons (Fsp3) is 0.958. The fourth-order valence-corrected chi connectivity index (χ4v) is 7.25. The summed E-state index contributed by atoms with van der Waals surface area (Å²) in [5.74, 6) is -0.0248. The van der Waals surface area contributed by atoms with Crippen molar-refractivity contribution in [2.45, 2.75) is 285 Å². The maximum absolute atomic E-state index is 12.3. The molecule has 1 N–H and O–H groups in total. The van der Waals surface area contributed by atoms with Crippen LogP contribution in [0.5, 0.6) is 0 Å². The van der Waals surface area contributed by atoms with Crippen molar-refractivity contribution < 1.29 is 19.4 Å². The molecule has 0 spiro atoms. The molecule has 0 saturated carbocycles. The van der Waals surface area contributed by atoms with Crippen LogP contribution in [0.4, 0.5) is 0 Å². The third-order valence-corrected chi connectivity index (χ3v) is 10.9. The molecule has 1 atom stereocenters. The first-order valence-corrected chi connectivity index (χ1v) is 23.9. The molecule has 0 aromatic rings. The normalized spacial score (nSPS) is 11.7. The summed E-state index contributed by atoms with van der Waals surface area (Å²) >= 11 is 0. The second-order valence-corrected chi connectivity index (χ2v) is 16.3. The number of carboxylic acid groups (broad SMARTS) is 1. The van der Waals surface area contributed by atoms with Gasteiger partial charge in [-0.05, 0) is 31.6 Å². The number of carboxylic acids is 1. The van der Waals surface area contributed by atoms with Crippen LogP contribution in [0.15, 0.2) is 0 Å². The van der Waals surface area contributed by atoms with Gasteiger partial charge in [0.05, 0.1) is 6.61 Å². The van der Waals surface area contributed by atoms with E-state index >= 15 is 0 Å². The van der Waals surface area contributed by atoms with E-state index in [2.05, 4.69) is 27.7 Å². The quantitative estimate of drug-likeness (QED) is 0.0501. The number of esters is 1. The zero-order valence-corrected chi connectivity index (χ0v) is 36.2. The Kier molecular flexibility index (Phi) is 48.9. The second-order valence-electron chi connectivity index (χ2n) is 16.3. The third-order valence-electron chi connectivity index (χ3n) is 10.9. The predicted molar refractivity (Wildman–Crippen MR) is 229 cm³/mol. The lowest BCUT2D eigenvalue weighted by Gasteiger charge is -2.17. The van der Waals surface area contributed by atoms with Gasteiger partial charge in [0.15, 0.2) is 0 Å². The summed E-state index contributed by atoms with van der Waals surface area (Å²) in [6, 6.07) is 0. The van der Waals surface area contributed by atoms with Gasteiger partial charge in [-0.3, -0.25) is 9.59 Å². The van der Waals surface area contributed by atoms with E-state index in [0.29, 0.717) is 25.4 Å². The Morgan fingerprint density at radius 3 is 0.904 bits per heavy atom. The Labute approximate surface area is 327 Å². The van der Waals surface area contributed by atoms with Gasteiger partial charge in [-0.15, -0.1) is 0 Å². The number of rotatable bonds is 42. The van der Waals surface area contributed by atoms with E-state index in [1.807, 2.05) is 0 Å². The summed E-state index contributed by atoms with van der Waals surface area (Å²) in [7, 11) is 0. The Balaban J connectivity index is 0. The van der Waals surface area contributed by atoms with Crippen molar-refractivity contribution in [1.29, 1.82) is 0 Å². The summed E-state index contributed by atoms with van der Waals surface area (Å²) in [6.07, 6.45) is 51.1. The van der Waals surface area contributed by atoms with Crippen LogP contribution < -0.4 is 0 Å². The van der Waals surface area contributed by atoms with Crippen LogP contribution in [0, 0.1) is 5.92 Å². The molecule has 0 heterocycles. The van der Waals surface area contributed by atoms with Gasteiger partial charge in [-0.2, -0.15) is 0 Å². The van der Waals surface area contributed by atoms with Gasteiger partial charge in [0, 0.05) is 12.8 Å². The number of hydrogen-bond donors (Lipinski definition) is 1. The number of unbranched alkanes of at least 4 members (excludes halogenated alkanes) is 32. The maximum Gasteiger partial charge on any atom is 0.305 e. The molecule has 0 aliphatic carbocycles. The van der Waals surface area contributed by atoms with Crippen LogP contribution >= 0.6 is 0 Å². The van der Waals surface area contributed by atoms with Crippen molar-refractivity contribution in [2.24, 2.45) is 5.92 Å². The maximum atomic E-state index is 12.3. The summed E-state index contributed by atoms with van der Waals surface area (Å²) in [5, 5.41) is 8.46. The topological polar surface area (TPSA) is 63.6 Å². The minimum Gasteiger partial charge on any atom is -0.481 e. The van der Waals surface area contributed by atoms with Crippen molar-refractivity contribution in [1.82, 2.24) is 0 Å². The van der Waals surface area contributed by atoms with Crippen LogP contribution in [0.25, 0.3) is 0 Å². The average Bonchev–Trinajstić information content (AvgIpc) is 3.14. The van der Waals surface area contributed by atoms with Crippen LogP contribution in [-0.4, -0.2) is 23.7 Å². The van der Waals surface area contributed by atoms with Gasteiger partial charge in [-0.1, -0.05) is 246 Å². The molecule has 0 amide bonds. The molecule has 0 radical (unpaired) electrons. The second kappa shape index (κ2) is 48.0. The van der Waals surface area contributed by atoms with Crippen LogP contribution in [-0.2, 0) is 14.3 Å². The van der Waals surface area contributed by atoms with E-state index in [4.69, 9.17) is 9.84 Å². The number of hydrogen-bond acceptors (Lipinski definition) is 3. The zero-order chi connectivity index (χ0) is 38.4. The van der Waals surface area contributed by atoms with Gasteiger partial charge < -0.3 is 9.84 Å². The summed E-state index contributed by atoms with van der Waals surface area (Å²) in [6.45, 7) is 9.77. The van der Waals surface area contributed by atoms with Crippen molar-refractivity contribution in [3.63, 3.8) is 0 Å². The van der Waals surface area contributed by atoms with Crippen LogP contribution in [0.1, 0.15) is 285 Å². The molecule has 4 nitrogen and oxygen atoms in total. The molecule has 0 aromatic heterocycles. The highest BCUT2D eigenvalue weighted by Gasteiger charge is 2.12. The molecule has 0 aromatic carbocycles. The molecule has 0 saturated heterocycles. The van der Waals surface area contributed by atoms with E-state index in [0.717, 1.165) is 19.3 Å². The molecule has 312 valence electrons. The molecule has 0 fully saturated rings. The van der Waals surface area contributed by atoms with Gasteiger partial charge in [0.1, 0.15) is 0 Å². The first-order valence-electron chi connectivity index (χ1n) is 23.9. The number of carbonyl (C=O) groups excluding carboxylic acids is 1. The first kappa shape index (κ1) is 53.0. The average molecular weight is 737 g/mol. The summed E-state index contributed by atoms with van der Waals surface area (Å²) in [5.41, 5.74) is 0. The monoisotopic (exact) mass is 737 g/mol. The minimum atomic E-state index is -0.657. The van der Waals surface area contributed by atoms with Crippen LogP contribution in [0.3, 0.4) is 0 Å². The Morgan fingerprint density at radius 2 is 0.615 bits per heavy atom. The molecule has 52 heavy (non-hydrogen) atoms. The highest BCUT2D eigenvalue weighted by Crippen LogP contribution is 2.21. The smallest absolute Gasteiger partial charge is 0.305 e. The molecule has 0 rings (SSSR count). The van der Waals surface area contributed by atoms with E-state index in [-0.39, 0.29) is 5.97 Å². The number of ether oxygens (including phenoxy) is 1. The van der Waals surface area contributed by atoms with E-state index < -0.39 is 5.97 Å². The van der Waals surface area contributed by atoms with Gasteiger partial charge >= 0.3 is 11.9 Å². The lowest BCUT2D eigenvalue weighted by atomic mass is 9.94. The highest BCUT2D eigenvalue weighted by atomic mass is 16.5. The SMILES string of the molecule is CCCCCCCCCCCCCC(=O)O.CCCCCCCCCCCCCC(=O)OCC(CCCCCCCC)CCCCCCCCCC. The molecule has 1 unspecified atom stereocenters. The number of carbonyl (C=O) groups is 2. The van der Waals surface area contributed by atoms with E-state index in [1.54, 1.807) is 0 Å². The third kappa shape index (κ3) is 48.9. The standard InChI is InChI=1S/C34H68O2.C14H28O2/c1-4-7-10-13-16-18-19-20-22-25-28-31-34(35)36-32-33(29-26-23-15-12-9-6-3)30-27-24-21-17-14-11-8-5-2;1-2-3-4-5-6-7-8-9-10-11-12-13-14(15)16/h33H,4-32H2,1-3H3;2-13H2,1H3,(H,15,16). The Hall–Kier alpha value is -1.06. The molecule has 0 aliphatic heterocycles. The first-order chi connectivity index (χ1) is 25.5. The van der Waals surface area contributed by atoms with Crippen molar-refractivity contribution in [3.05, 3.63) is 0 Å². The minimum absolute atomic E-state index is 0.0507. The summed E-state index contributed by atoms with van der Waals surface area (Å²) in [4.78, 5) is 22.6. The zero-order valence-electron chi connectivity index (χ0n) is 36.2. The van der Waals surface area contributed by atoms with Crippen LogP contribution in [0.2, 0.25) is 0 Å². The largest absolute Gasteiger partial charge is 0.481 e. The van der Waals surface area contributed by atoms with Crippen molar-refractivity contribution >= 4 is 11.9 Å². The van der Waals surface area contributed by atoms with Gasteiger partial charge in [-0.25, -0.2) is 0 Å². The van der Waals surface area contributed by atoms with Gasteiger partial charge in [0.2, 0.25) is 0 Å². The van der Waals surface area contributed by atoms with E-state index in [9.17, 15) is 9.59 Å². The summed E-state index contributed by atoms with van der Waals surface area (Å²) < 4.78 is 5.78. The Morgan fingerprint density at radius 1 is 0.365 bits per heavy atom. The van der Waals surface area contributed by atoms with Gasteiger partial charge in [0.25, 0.3) is 0 Å². The Bertz CT molecular complexity index is 677. The molecule has 0 bridgehead atoms. The highest BCUT2D eigenvalue weighted by molar-refractivity contribution is 5.69. The predicted octanol–water partition coefficient (Wildman–Crippen LogP) is 16.9. The van der Waals surface area contributed by atoms with Crippen molar-refractivity contribution in [2.75, 3.05) is 6.61 Å². The molecular weight excluding hydrogens is 641 g/mol. The fourth-order valence-electron chi connectivity index (χ4n) is 7.25. The van der Waals surface area contributed by atoms with Crippen molar-refractivity contribution in [3.8, 4) is 0 Å². The molecule has 0 aliphatic rings. The molecular formula is C48H96O4. The van der Waals surface area contributed by atoms with E-state index in [1.165, 1.54) is 225 Å². The molecule has 4 heteroatoms. The number of aliphatic carboxylic acids is 1.